The fraction of sp³-hybridized carbons (Fsp3) is 0.0556. The Labute approximate surface area is 153 Å². The van der Waals surface area contributed by atoms with Crippen LogP contribution < -0.4 is 16.0 Å². The molecule has 1 aromatic heterocycles. The number of hydrogen-bond acceptors (Lipinski definition) is 7. The molecule has 3 aromatic rings. The molecule has 1 aliphatic heterocycles. The van der Waals surface area contributed by atoms with E-state index in [1.54, 1.807) is 19.1 Å². The molecular formula is C18H14N6O3. The Kier molecular flexibility index (Phi) is 3.88. The van der Waals surface area contributed by atoms with Crippen LogP contribution in [0.25, 0.3) is 11.3 Å². The summed E-state index contributed by atoms with van der Waals surface area (Å²) in [6.07, 6.45) is 0. The van der Waals surface area contributed by atoms with Crippen molar-refractivity contribution in [3.8, 4) is 11.3 Å². The van der Waals surface area contributed by atoms with Crippen molar-refractivity contribution in [2.75, 3.05) is 10.4 Å². The third kappa shape index (κ3) is 3.01. The summed E-state index contributed by atoms with van der Waals surface area (Å²) in [4.78, 5) is 27.6. The smallest absolute Gasteiger partial charge is 0.274 e. The lowest BCUT2D eigenvalue weighted by atomic mass is 10.1. The van der Waals surface area contributed by atoms with E-state index in [9.17, 15) is 14.9 Å². The second-order valence-electron chi connectivity index (χ2n) is 5.86. The van der Waals surface area contributed by atoms with Gasteiger partial charge in [0.05, 0.1) is 16.3 Å². The molecular weight excluding hydrogens is 348 g/mol. The molecule has 0 amide bonds. The molecule has 134 valence electrons. The molecule has 1 N–H and O–H groups in total. The number of rotatable bonds is 3. The van der Waals surface area contributed by atoms with E-state index in [1.807, 2.05) is 30.3 Å². The van der Waals surface area contributed by atoms with Gasteiger partial charge in [-0.3, -0.25) is 20.3 Å². The van der Waals surface area contributed by atoms with Gasteiger partial charge in [0.2, 0.25) is 0 Å². The number of non-ortho nitro benzene ring substituents is 1. The lowest BCUT2D eigenvalue weighted by Gasteiger charge is -2.27. The predicted octanol–water partition coefficient (Wildman–Crippen LogP) is 2.85. The molecule has 0 bridgehead atoms. The van der Waals surface area contributed by atoms with Gasteiger partial charge < -0.3 is 0 Å². The molecule has 0 fully saturated rings. The summed E-state index contributed by atoms with van der Waals surface area (Å²) in [6, 6.07) is 16.7. The minimum Gasteiger partial charge on any atom is -0.274 e. The number of nitro groups is 1. The number of anilines is 2. The summed E-state index contributed by atoms with van der Waals surface area (Å²) >= 11 is 0. The zero-order valence-electron chi connectivity index (χ0n) is 14.2. The van der Waals surface area contributed by atoms with Crippen molar-refractivity contribution in [1.82, 2.24) is 9.66 Å². The van der Waals surface area contributed by atoms with Gasteiger partial charge >= 0.3 is 0 Å². The number of benzene rings is 2. The average Bonchev–Trinajstić information content (AvgIpc) is 2.68. The highest BCUT2D eigenvalue weighted by Crippen LogP contribution is 2.28. The largest absolute Gasteiger partial charge is 0.274 e. The normalized spacial score (nSPS) is 12.8. The number of fused-ring (bicyclic) bond motifs is 1. The molecule has 0 radical (unpaired) electrons. The summed E-state index contributed by atoms with van der Waals surface area (Å²) in [5.41, 5.74) is 4.41. The van der Waals surface area contributed by atoms with Crippen molar-refractivity contribution in [3.63, 3.8) is 0 Å². The number of amidine groups is 1. The fourth-order valence-corrected chi connectivity index (χ4v) is 2.74. The lowest BCUT2D eigenvalue weighted by molar-refractivity contribution is -0.384. The lowest BCUT2D eigenvalue weighted by Crippen LogP contribution is -2.40. The van der Waals surface area contributed by atoms with Crippen LogP contribution in [0.1, 0.15) is 6.92 Å². The quantitative estimate of drug-likeness (QED) is 0.567. The van der Waals surface area contributed by atoms with Crippen LogP contribution >= 0.6 is 0 Å². The van der Waals surface area contributed by atoms with Gasteiger partial charge in [-0.2, -0.15) is 14.8 Å². The highest BCUT2D eigenvalue weighted by molar-refractivity contribution is 5.90. The van der Waals surface area contributed by atoms with E-state index in [0.29, 0.717) is 17.2 Å². The van der Waals surface area contributed by atoms with Crippen molar-refractivity contribution in [2.24, 2.45) is 5.10 Å². The zero-order valence-corrected chi connectivity index (χ0v) is 14.2. The second-order valence-corrected chi connectivity index (χ2v) is 5.86. The van der Waals surface area contributed by atoms with Gasteiger partial charge in [-0.25, -0.2) is 4.98 Å². The Balaban J connectivity index is 1.85. The van der Waals surface area contributed by atoms with Crippen LogP contribution in [-0.4, -0.2) is 20.4 Å². The predicted molar refractivity (Wildman–Crippen MR) is 102 cm³/mol. The summed E-state index contributed by atoms with van der Waals surface area (Å²) in [6.45, 7) is 1.71. The average molecular weight is 362 g/mol. The fourth-order valence-electron chi connectivity index (χ4n) is 2.74. The van der Waals surface area contributed by atoms with E-state index >= 15 is 0 Å². The van der Waals surface area contributed by atoms with Gasteiger partial charge in [-0.05, 0) is 19.1 Å². The van der Waals surface area contributed by atoms with Crippen LogP contribution in [0.5, 0.6) is 0 Å². The van der Waals surface area contributed by atoms with Gasteiger partial charge in [0.25, 0.3) is 17.2 Å². The Bertz CT molecular complexity index is 1110. The summed E-state index contributed by atoms with van der Waals surface area (Å²) in [5.74, 6) is 0.748. The number of hydrazone groups is 1. The van der Waals surface area contributed by atoms with E-state index in [2.05, 4.69) is 15.5 Å². The zero-order chi connectivity index (χ0) is 19.0. The summed E-state index contributed by atoms with van der Waals surface area (Å²) in [7, 11) is 0. The van der Waals surface area contributed by atoms with E-state index in [-0.39, 0.29) is 17.2 Å². The van der Waals surface area contributed by atoms with Gasteiger partial charge in [-0.15, -0.1) is 0 Å². The van der Waals surface area contributed by atoms with Crippen LogP contribution in [0.2, 0.25) is 0 Å². The standard InChI is InChI=1S/C18H14N6O3/c1-12-20-22(14-7-9-15(10-8-14)24(26)27)18-19-16(11-17(25)23(18)21-12)13-5-3-2-4-6-13/h2-11H,1H3,(H,20,21). The topological polar surface area (TPSA) is 106 Å². The molecule has 2 heterocycles. The molecule has 4 rings (SSSR count). The first-order valence-corrected chi connectivity index (χ1v) is 8.09. The van der Waals surface area contributed by atoms with E-state index in [4.69, 9.17) is 0 Å². The summed E-state index contributed by atoms with van der Waals surface area (Å²) in [5, 5.41) is 16.7. The highest BCUT2D eigenvalue weighted by atomic mass is 16.6. The van der Waals surface area contributed by atoms with E-state index in [1.165, 1.54) is 27.9 Å². The molecule has 0 saturated heterocycles. The maximum atomic E-state index is 12.6. The minimum absolute atomic E-state index is 0.0297. The third-order valence-corrected chi connectivity index (χ3v) is 3.99. The Morgan fingerprint density at radius 3 is 2.44 bits per heavy atom. The Morgan fingerprint density at radius 1 is 1.07 bits per heavy atom. The minimum atomic E-state index is -0.472. The number of nitrogens with zero attached hydrogens (tertiary/aromatic N) is 5. The molecule has 0 unspecified atom stereocenters. The van der Waals surface area contributed by atoms with Crippen LogP contribution in [0.4, 0.5) is 17.3 Å². The number of nitrogens with one attached hydrogen (secondary N) is 1. The Morgan fingerprint density at radius 2 is 1.78 bits per heavy atom. The number of nitro benzene ring substituents is 1. The van der Waals surface area contributed by atoms with Crippen molar-refractivity contribution in [3.05, 3.63) is 81.1 Å². The van der Waals surface area contributed by atoms with Gasteiger partial charge in [-0.1, -0.05) is 30.3 Å². The first kappa shape index (κ1) is 16.5. The van der Waals surface area contributed by atoms with Crippen LogP contribution in [0.3, 0.4) is 0 Å². The van der Waals surface area contributed by atoms with Gasteiger partial charge in [0.1, 0.15) is 5.84 Å². The van der Waals surface area contributed by atoms with Crippen LogP contribution in [0, 0.1) is 10.1 Å². The SMILES string of the molecule is CC1=NN(c2ccc([N+](=O)[O-])cc2)c2nc(-c3ccccc3)cc(=O)n2N1. The van der Waals surface area contributed by atoms with Crippen LogP contribution in [0.15, 0.2) is 70.6 Å². The van der Waals surface area contributed by atoms with E-state index in [0.717, 1.165) is 5.56 Å². The molecule has 0 saturated carbocycles. The molecule has 0 aliphatic carbocycles. The third-order valence-electron chi connectivity index (χ3n) is 3.99. The molecule has 9 nitrogen and oxygen atoms in total. The molecule has 9 heteroatoms. The van der Waals surface area contributed by atoms with Crippen LogP contribution in [-0.2, 0) is 0 Å². The van der Waals surface area contributed by atoms with Gasteiger partial charge in [0.15, 0.2) is 0 Å². The molecule has 27 heavy (non-hydrogen) atoms. The highest BCUT2D eigenvalue weighted by Gasteiger charge is 2.23. The van der Waals surface area contributed by atoms with Gasteiger partial charge in [0, 0.05) is 23.8 Å². The molecule has 0 spiro atoms. The molecule has 2 aromatic carbocycles. The van der Waals surface area contributed by atoms with E-state index < -0.39 is 4.92 Å². The summed E-state index contributed by atoms with van der Waals surface area (Å²) < 4.78 is 1.29. The Hall–Kier alpha value is -4.01. The van der Waals surface area contributed by atoms with Crippen molar-refractivity contribution >= 4 is 23.2 Å². The van der Waals surface area contributed by atoms with Crippen molar-refractivity contribution < 1.29 is 4.92 Å². The maximum Gasteiger partial charge on any atom is 0.274 e. The van der Waals surface area contributed by atoms with Crippen molar-refractivity contribution in [1.29, 1.82) is 0 Å². The first-order valence-electron chi connectivity index (χ1n) is 8.09. The second kappa shape index (κ2) is 6.37. The number of hydrogen-bond donors (Lipinski definition) is 1. The molecule has 1 aliphatic rings. The first-order chi connectivity index (χ1) is 13.0. The molecule has 0 atom stereocenters. The monoisotopic (exact) mass is 362 g/mol. The maximum absolute atomic E-state index is 12.6. The van der Waals surface area contributed by atoms with Crippen molar-refractivity contribution in [2.45, 2.75) is 6.92 Å². The number of aromatic nitrogens is 2.